The van der Waals surface area contributed by atoms with Crippen molar-refractivity contribution in [2.75, 3.05) is 6.61 Å². The van der Waals surface area contributed by atoms with Gasteiger partial charge in [0.15, 0.2) is 5.76 Å². The number of carbonyl (C=O) groups excluding carboxylic acids is 3. The highest BCUT2D eigenvalue weighted by atomic mass is 16.6. The highest BCUT2D eigenvalue weighted by Gasteiger charge is 2.45. The number of allylic oxidation sites excluding steroid dienone is 2. The molecule has 0 aliphatic carbocycles. The Hall–Kier alpha value is -1.65. The van der Waals surface area contributed by atoms with E-state index >= 15 is 0 Å². The highest BCUT2D eigenvalue weighted by Crippen LogP contribution is 2.21. The Morgan fingerprint density at radius 3 is 2.64 bits per heavy atom. The van der Waals surface area contributed by atoms with Gasteiger partial charge in [-0.2, -0.15) is 0 Å². The molecule has 0 radical (unpaired) electrons. The van der Waals surface area contributed by atoms with Crippen molar-refractivity contribution in [3.8, 4) is 0 Å². The average Bonchev–Trinajstić information content (AvgIpc) is 2.41. The molecule has 5 nitrogen and oxygen atoms in total. The van der Waals surface area contributed by atoms with Crippen molar-refractivity contribution in [3.63, 3.8) is 0 Å². The molecular weight excluding hydrogens is 188 g/mol. The van der Waals surface area contributed by atoms with Gasteiger partial charge in [-0.3, -0.25) is 14.4 Å². The Morgan fingerprint density at radius 2 is 2.21 bits per heavy atom. The maximum Gasteiger partial charge on any atom is 0.334 e. The standard InChI is InChI=1S/C9H10O5/c1-3-5-7(10)6(9(12)14-5)8(11)13-4-2/h3,6H,4H2,1-2H3/b5-3+/t6-/m1/s1. The van der Waals surface area contributed by atoms with Gasteiger partial charge in [0.2, 0.25) is 11.7 Å². The van der Waals surface area contributed by atoms with Crippen LogP contribution in [0.1, 0.15) is 13.8 Å². The van der Waals surface area contributed by atoms with Crippen LogP contribution in [0.25, 0.3) is 0 Å². The van der Waals surface area contributed by atoms with Crippen LogP contribution in [0.4, 0.5) is 0 Å². The minimum atomic E-state index is -1.43. The number of hydrogen-bond donors (Lipinski definition) is 0. The quantitative estimate of drug-likeness (QED) is 0.360. The van der Waals surface area contributed by atoms with Crippen molar-refractivity contribution < 1.29 is 23.9 Å². The van der Waals surface area contributed by atoms with Crippen LogP contribution < -0.4 is 0 Å². The van der Waals surface area contributed by atoms with Crippen LogP contribution in [-0.4, -0.2) is 24.3 Å². The molecule has 14 heavy (non-hydrogen) atoms. The number of hydrogen-bond acceptors (Lipinski definition) is 5. The minimum absolute atomic E-state index is 0.0898. The van der Waals surface area contributed by atoms with E-state index in [0.29, 0.717) is 0 Å². The molecule has 0 aromatic carbocycles. The summed E-state index contributed by atoms with van der Waals surface area (Å²) in [6.07, 6.45) is 1.35. The van der Waals surface area contributed by atoms with E-state index in [9.17, 15) is 14.4 Å². The molecule has 1 saturated heterocycles. The fourth-order valence-corrected chi connectivity index (χ4v) is 1.10. The van der Waals surface area contributed by atoms with Crippen molar-refractivity contribution >= 4 is 17.7 Å². The molecular formula is C9H10O5. The summed E-state index contributed by atoms with van der Waals surface area (Å²) in [6.45, 7) is 3.27. The number of rotatable bonds is 2. The molecule has 1 rings (SSSR count). The van der Waals surface area contributed by atoms with Crippen molar-refractivity contribution in [2.24, 2.45) is 5.92 Å². The van der Waals surface area contributed by atoms with Crippen LogP contribution in [0.5, 0.6) is 0 Å². The van der Waals surface area contributed by atoms with Gasteiger partial charge < -0.3 is 9.47 Å². The van der Waals surface area contributed by atoms with Crippen LogP contribution in [0.15, 0.2) is 11.8 Å². The van der Waals surface area contributed by atoms with Crippen molar-refractivity contribution in [2.45, 2.75) is 13.8 Å². The number of ether oxygens (including phenoxy) is 2. The summed E-state index contributed by atoms with van der Waals surface area (Å²) >= 11 is 0. The second kappa shape index (κ2) is 4.04. The second-order valence-electron chi connectivity index (χ2n) is 2.62. The summed E-state index contributed by atoms with van der Waals surface area (Å²) in [6, 6.07) is 0. The topological polar surface area (TPSA) is 69.7 Å². The van der Waals surface area contributed by atoms with E-state index in [1.807, 2.05) is 0 Å². The molecule has 0 spiro atoms. The van der Waals surface area contributed by atoms with Gasteiger partial charge in [-0.1, -0.05) is 0 Å². The van der Waals surface area contributed by atoms with Gasteiger partial charge in [0.1, 0.15) is 0 Å². The zero-order chi connectivity index (χ0) is 10.7. The number of Topliss-reactive ketones (excluding diaryl/α,β-unsaturated/α-hetero) is 1. The van der Waals surface area contributed by atoms with Crippen molar-refractivity contribution in [1.82, 2.24) is 0 Å². The van der Waals surface area contributed by atoms with Crippen LogP contribution in [0.2, 0.25) is 0 Å². The molecule has 0 amide bonds. The van der Waals surface area contributed by atoms with Crippen LogP contribution in [-0.2, 0) is 23.9 Å². The zero-order valence-electron chi connectivity index (χ0n) is 7.90. The molecule has 5 heteroatoms. The lowest BCUT2D eigenvalue weighted by molar-refractivity contribution is -0.156. The summed E-state index contributed by atoms with van der Waals surface area (Å²) in [5.74, 6) is -3.86. The summed E-state index contributed by atoms with van der Waals surface area (Å²) in [7, 11) is 0. The first-order valence-electron chi connectivity index (χ1n) is 4.20. The van der Waals surface area contributed by atoms with Gasteiger partial charge in [-0.25, -0.2) is 0 Å². The summed E-state index contributed by atoms with van der Waals surface area (Å²) in [4.78, 5) is 33.6. The normalized spacial score (nSPS) is 23.9. The molecule has 0 unspecified atom stereocenters. The van der Waals surface area contributed by atoms with E-state index in [2.05, 4.69) is 9.47 Å². The smallest absolute Gasteiger partial charge is 0.334 e. The lowest BCUT2D eigenvalue weighted by atomic mass is 10.1. The minimum Gasteiger partial charge on any atom is -0.465 e. The molecule has 0 aromatic rings. The number of carbonyl (C=O) groups is 3. The first kappa shape index (κ1) is 10.4. The predicted octanol–water partition coefficient (Wildman–Crippen LogP) is 0.195. The van der Waals surface area contributed by atoms with Crippen molar-refractivity contribution in [1.29, 1.82) is 0 Å². The number of ketones is 1. The molecule has 0 saturated carbocycles. The molecule has 1 aliphatic heterocycles. The average molecular weight is 198 g/mol. The fourth-order valence-electron chi connectivity index (χ4n) is 1.10. The first-order valence-corrected chi connectivity index (χ1v) is 4.20. The van der Waals surface area contributed by atoms with E-state index in [1.54, 1.807) is 13.8 Å². The molecule has 1 fully saturated rings. The SMILES string of the molecule is C/C=C1/OC(=O)[C@@H](C(=O)OCC)C1=O. The van der Waals surface area contributed by atoms with E-state index in [4.69, 9.17) is 0 Å². The third-order valence-electron chi connectivity index (χ3n) is 1.74. The summed E-state index contributed by atoms with van der Waals surface area (Å²) in [5, 5.41) is 0. The molecule has 1 atom stereocenters. The van der Waals surface area contributed by atoms with E-state index in [1.165, 1.54) is 6.08 Å². The van der Waals surface area contributed by atoms with Crippen LogP contribution >= 0.6 is 0 Å². The lowest BCUT2D eigenvalue weighted by Crippen LogP contribution is -2.27. The largest absolute Gasteiger partial charge is 0.465 e. The first-order chi connectivity index (χ1) is 6.61. The number of cyclic esters (lactones) is 1. The number of esters is 2. The Morgan fingerprint density at radius 1 is 1.57 bits per heavy atom. The van der Waals surface area contributed by atoms with Gasteiger partial charge in [-0.15, -0.1) is 0 Å². The Labute approximate surface area is 80.7 Å². The summed E-state index contributed by atoms with van der Waals surface area (Å²) in [5.41, 5.74) is 0. The molecule has 76 valence electrons. The third kappa shape index (κ3) is 1.66. The molecule has 0 aromatic heterocycles. The molecule has 1 heterocycles. The molecule has 0 N–H and O–H groups in total. The van der Waals surface area contributed by atoms with Gasteiger partial charge in [0, 0.05) is 0 Å². The Balaban J connectivity index is 2.85. The third-order valence-corrected chi connectivity index (χ3v) is 1.74. The monoisotopic (exact) mass is 198 g/mol. The zero-order valence-corrected chi connectivity index (χ0v) is 7.90. The molecule has 0 bridgehead atoms. The Bertz CT molecular complexity index is 315. The van der Waals surface area contributed by atoms with Crippen LogP contribution in [0, 0.1) is 5.92 Å². The fraction of sp³-hybridized carbons (Fsp3) is 0.444. The maximum atomic E-state index is 11.3. The maximum absolute atomic E-state index is 11.3. The highest BCUT2D eigenvalue weighted by molar-refractivity contribution is 6.24. The predicted molar refractivity (Wildman–Crippen MR) is 45.0 cm³/mol. The van der Waals surface area contributed by atoms with Crippen LogP contribution in [0.3, 0.4) is 0 Å². The lowest BCUT2D eigenvalue weighted by Gasteiger charge is -2.02. The van der Waals surface area contributed by atoms with E-state index in [0.717, 1.165) is 0 Å². The summed E-state index contributed by atoms with van der Waals surface area (Å²) < 4.78 is 9.15. The van der Waals surface area contributed by atoms with E-state index in [-0.39, 0.29) is 12.4 Å². The van der Waals surface area contributed by atoms with E-state index < -0.39 is 23.6 Å². The van der Waals surface area contributed by atoms with Crippen molar-refractivity contribution in [3.05, 3.63) is 11.8 Å². The second-order valence-corrected chi connectivity index (χ2v) is 2.62. The van der Waals surface area contributed by atoms with Gasteiger partial charge in [-0.05, 0) is 19.9 Å². The van der Waals surface area contributed by atoms with Gasteiger partial charge in [0.25, 0.3) is 0 Å². The Kier molecular flexibility index (Phi) is 3.01. The van der Waals surface area contributed by atoms with Gasteiger partial charge >= 0.3 is 11.9 Å². The molecule has 1 aliphatic rings. The van der Waals surface area contributed by atoms with Gasteiger partial charge in [0.05, 0.1) is 6.61 Å².